The number of halogens is 1. The molecule has 0 saturated heterocycles. The van der Waals surface area contributed by atoms with Crippen molar-refractivity contribution in [3.63, 3.8) is 0 Å². The number of rotatable bonds is 3. The summed E-state index contributed by atoms with van der Waals surface area (Å²) in [6.07, 6.45) is 4.80. The molecule has 3 aromatic rings. The third-order valence-electron chi connectivity index (χ3n) is 6.09. The molecule has 4 N–H and O–H groups in total. The number of hydrogen-bond donors (Lipinski definition) is 3. The van der Waals surface area contributed by atoms with Crippen LogP contribution in [0.15, 0.2) is 17.7 Å². The number of carbonyl (C=O) groups excluding carboxylic acids is 1. The van der Waals surface area contributed by atoms with Crippen LogP contribution in [0, 0.1) is 17.7 Å². The molecular formula is C24H21FN6O2. The molecule has 8 nitrogen and oxygen atoms in total. The first-order chi connectivity index (χ1) is 15.7. The quantitative estimate of drug-likeness (QED) is 0.536. The van der Waals surface area contributed by atoms with Crippen LogP contribution in [-0.2, 0) is 0 Å². The van der Waals surface area contributed by atoms with Crippen LogP contribution in [0.4, 0.5) is 4.39 Å². The lowest BCUT2D eigenvalue weighted by molar-refractivity contribution is 0.0996. The van der Waals surface area contributed by atoms with E-state index in [2.05, 4.69) is 32.0 Å². The lowest BCUT2D eigenvalue weighted by atomic mass is 9.98. The number of allylic oxidation sites excluding steroid dienone is 1. The summed E-state index contributed by atoms with van der Waals surface area (Å²) >= 11 is 0. The van der Waals surface area contributed by atoms with Crippen LogP contribution < -0.4 is 5.73 Å². The van der Waals surface area contributed by atoms with Crippen molar-refractivity contribution in [2.45, 2.75) is 50.5 Å². The number of fused-ring (bicyclic) bond motifs is 5. The summed E-state index contributed by atoms with van der Waals surface area (Å²) in [5.74, 6) is 6.25. The smallest absolute Gasteiger partial charge is 0.269 e. The van der Waals surface area contributed by atoms with Gasteiger partial charge in [-0.2, -0.15) is 5.10 Å². The van der Waals surface area contributed by atoms with Gasteiger partial charge in [0.25, 0.3) is 5.91 Å². The molecule has 2 aliphatic carbocycles. The van der Waals surface area contributed by atoms with Gasteiger partial charge in [-0.25, -0.2) is 14.4 Å². The monoisotopic (exact) mass is 444 g/mol. The molecule has 0 radical (unpaired) electrons. The van der Waals surface area contributed by atoms with Gasteiger partial charge in [0.1, 0.15) is 22.9 Å². The minimum Gasteiger partial charge on any atom is -0.378 e. The Labute approximate surface area is 188 Å². The average molecular weight is 444 g/mol. The second-order valence-electron chi connectivity index (χ2n) is 9.37. The number of aliphatic hydroxyl groups is 1. The molecule has 166 valence electrons. The number of amides is 1. The van der Waals surface area contributed by atoms with Crippen molar-refractivity contribution in [3.8, 4) is 34.7 Å². The number of primary amides is 1. The molecule has 0 spiro atoms. The molecule has 3 aliphatic rings. The van der Waals surface area contributed by atoms with Gasteiger partial charge in [-0.3, -0.25) is 14.5 Å². The summed E-state index contributed by atoms with van der Waals surface area (Å²) in [6, 6.07) is 3.10. The van der Waals surface area contributed by atoms with Gasteiger partial charge >= 0.3 is 0 Å². The van der Waals surface area contributed by atoms with Crippen LogP contribution in [0.3, 0.4) is 0 Å². The maximum atomic E-state index is 14.9. The summed E-state index contributed by atoms with van der Waals surface area (Å²) in [5, 5.41) is 17.2. The fourth-order valence-corrected chi connectivity index (χ4v) is 4.23. The summed E-state index contributed by atoms with van der Waals surface area (Å²) in [5.41, 5.74) is 7.63. The van der Waals surface area contributed by atoms with Crippen molar-refractivity contribution in [2.75, 3.05) is 0 Å². The number of aromatic nitrogens is 5. The molecule has 9 heteroatoms. The first-order valence-electron chi connectivity index (χ1n) is 10.8. The van der Waals surface area contributed by atoms with E-state index in [-0.39, 0.29) is 17.2 Å². The lowest BCUT2D eigenvalue weighted by Gasteiger charge is -2.10. The minimum atomic E-state index is -1.26. The van der Waals surface area contributed by atoms with E-state index in [1.807, 2.05) is 6.20 Å². The molecule has 1 aliphatic heterocycles. The first-order valence-corrected chi connectivity index (χ1v) is 10.8. The highest BCUT2D eigenvalue weighted by atomic mass is 19.1. The Kier molecular flexibility index (Phi) is 3.99. The molecule has 2 aromatic heterocycles. The normalized spacial score (nSPS) is 18.3. The van der Waals surface area contributed by atoms with Crippen molar-refractivity contribution < 1.29 is 14.3 Å². The Hall–Kier alpha value is -3.77. The summed E-state index contributed by atoms with van der Waals surface area (Å²) in [6.45, 7) is 3.07. The van der Waals surface area contributed by atoms with Crippen LogP contribution in [0.25, 0.3) is 29.1 Å². The van der Waals surface area contributed by atoms with Crippen LogP contribution in [-0.4, -0.2) is 41.3 Å². The highest BCUT2D eigenvalue weighted by Gasteiger charge is 2.39. The third kappa shape index (κ3) is 3.34. The number of nitrogens with zero attached hydrogens (tertiary/aromatic N) is 4. The predicted octanol–water partition coefficient (Wildman–Crippen LogP) is 2.91. The van der Waals surface area contributed by atoms with Crippen LogP contribution >= 0.6 is 0 Å². The molecular weight excluding hydrogens is 423 g/mol. The van der Waals surface area contributed by atoms with Crippen molar-refractivity contribution in [1.29, 1.82) is 0 Å². The molecule has 33 heavy (non-hydrogen) atoms. The molecule has 2 fully saturated rings. The van der Waals surface area contributed by atoms with Crippen molar-refractivity contribution in [2.24, 2.45) is 5.73 Å². The maximum absolute atomic E-state index is 14.9. The standard InChI is InChI=1S/C24H21FN6O2/c1-24(2,33)6-5-12-7-16-15(9-17(12)25)14-8-13(14)10-31-19(18(20(26)32)27-23(16)31)22-28-21(29-30-22)11-3-4-11/h7,9-11,14,33H,3-4,8H2,1-2H3,(H2,26,32)(H,28,29,30). The number of aromatic amines is 1. The van der Waals surface area contributed by atoms with E-state index in [1.165, 1.54) is 19.9 Å². The average Bonchev–Trinajstić information content (AvgIpc) is 3.64. The Morgan fingerprint density at radius 3 is 2.82 bits per heavy atom. The summed E-state index contributed by atoms with van der Waals surface area (Å²) in [4.78, 5) is 21.5. The molecule has 6 rings (SSSR count). The Morgan fingerprint density at radius 1 is 1.33 bits per heavy atom. The van der Waals surface area contributed by atoms with E-state index in [0.717, 1.165) is 30.4 Å². The van der Waals surface area contributed by atoms with E-state index >= 15 is 0 Å². The topological polar surface area (TPSA) is 123 Å². The Morgan fingerprint density at radius 2 is 2.12 bits per heavy atom. The number of carbonyl (C=O) groups is 1. The summed E-state index contributed by atoms with van der Waals surface area (Å²) in [7, 11) is 0. The molecule has 1 aromatic carbocycles. The van der Waals surface area contributed by atoms with Crippen LogP contribution in [0.1, 0.15) is 72.4 Å². The Balaban J connectivity index is 1.58. The fourth-order valence-electron chi connectivity index (χ4n) is 4.23. The number of nitrogens with two attached hydrogens (primary N) is 1. The van der Waals surface area contributed by atoms with Gasteiger partial charge in [0.2, 0.25) is 0 Å². The van der Waals surface area contributed by atoms with Crippen molar-refractivity contribution in [1.82, 2.24) is 24.7 Å². The zero-order valence-electron chi connectivity index (χ0n) is 18.1. The maximum Gasteiger partial charge on any atom is 0.269 e. The van der Waals surface area contributed by atoms with Gasteiger partial charge in [0, 0.05) is 23.6 Å². The van der Waals surface area contributed by atoms with E-state index < -0.39 is 17.3 Å². The molecule has 2 saturated carbocycles. The number of imidazole rings is 1. The third-order valence-corrected chi connectivity index (χ3v) is 6.09. The van der Waals surface area contributed by atoms with Gasteiger partial charge in [-0.15, -0.1) is 0 Å². The molecule has 0 bridgehead atoms. The molecule has 1 unspecified atom stereocenters. The second-order valence-corrected chi connectivity index (χ2v) is 9.37. The van der Waals surface area contributed by atoms with Crippen molar-refractivity contribution >= 4 is 12.1 Å². The van der Waals surface area contributed by atoms with Crippen LogP contribution in [0.5, 0.6) is 0 Å². The highest BCUT2D eigenvalue weighted by molar-refractivity contribution is 5.98. The predicted molar refractivity (Wildman–Crippen MR) is 118 cm³/mol. The molecule has 3 heterocycles. The molecule has 1 atom stereocenters. The van der Waals surface area contributed by atoms with Crippen molar-refractivity contribution in [3.05, 3.63) is 46.2 Å². The van der Waals surface area contributed by atoms with Gasteiger partial charge in [0.15, 0.2) is 17.3 Å². The largest absolute Gasteiger partial charge is 0.378 e. The molecule has 1 amide bonds. The van der Waals surface area contributed by atoms with E-state index in [9.17, 15) is 14.3 Å². The van der Waals surface area contributed by atoms with Gasteiger partial charge in [-0.05, 0) is 56.4 Å². The van der Waals surface area contributed by atoms with Gasteiger partial charge in [-0.1, -0.05) is 11.8 Å². The highest BCUT2D eigenvalue weighted by Crippen LogP contribution is 2.53. The number of H-pyrrole nitrogens is 1. The number of nitrogens with one attached hydrogen (secondary N) is 1. The minimum absolute atomic E-state index is 0.0684. The van der Waals surface area contributed by atoms with E-state index in [4.69, 9.17) is 5.73 Å². The second kappa shape index (κ2) is 6.62. The first kappa shape index (κ1) is 19.9. The zero-order valence-corrected chi connectivity index (χ0v) is 18.1. The van der Waals surface area contributed by atoms with Gasteiger partial charge in [0.05, 0.1) is 5.56 Å². The fraction of sp³-hybridized carbons (Fsp3) is 0.333. The SMILES string of the molecule is CC(C)(O)C#Cc1cc2c(cc1F)C1CC1=Cn1c-2nc(C(N)=O)c1-c1nc(C2CC2)n[nH]1. The van der Waals surface area contributed by atoms with E-state index in [0.29, 0.717) is 34.6 Å². The number of benzene rings is 1. The Bertz CT molecular complexity index is 1440. The van der Waals surface area contributed by atoms with E-state index in [1.54, 1.807) is 10.6 Å². The number of hydrogen-bond acceptors (Lipinski definition) is 5. The van der Waals surface area contributed by atoms with Gasteiger partial charge < -0.3 is 10.8 Å². The van der Waals surface area contributed by atoms with Crippen LogP contribution in [0.2, 0.25) is 0 Å². The summed E-state index contributed by atoms with van der Waals surface area (Å²) < 4.78 is 16.7. The zero-order chi connectivity index (χ0) is 23.1. The lowest BCUT2D eigenvalue weighted by Crippen LogP contribution is -2.14.